The zero-order valence-corrected chi connectivity index (χ0v) is 12.2. The van der Waals surface area contributed by atoms with Crippen molar-refractivity contribution in [3.8, 4) is 0 Å². The Morgan fingerprint density at radius 2 is 2.00 bits per heavy atom. The molecule has 1 heterocycles. The summed E-state index contributed by atoms with van der Waals surface area (Å²) in [4.78, 5) is 16.4. The number of nitrogens with zero attached hydrogens (tertiary/aromatic N) is 1. The molecule has 0 aromatic carbocycles. The number of hydrogen-bond donors (Lipinski definition) is 2. The van der Waals surface area contributed by atoms with Crippen molar-refractivity contribution in [2.75, 3.05) is 5.32 Å². The first-order valence-corrected chi connectivity index (χ1v) is 6.92. The maximum absolute atomic E-state index is 12.1. The van der Waals surface area contributed by atoms with E-state index in [2.05, 4.69) is 29.5 Å². The predicted molar refractivity (Wildman–Crippen MR) is 77.3 cm³/mol. The molecule has 0 unspecified atom stereocenters. The second-order valence-corrected chi connectivity index (χ2v) is 6.01. The largest absolute Gasteiger partial charge is 0.333 e. The molecule has 19 heavy (non-hydrogen) atoms. The van der Waals surface area contributed by atoms with E-state index in [1.165, 1.54) is 19.3 Å². The van der Waals surface area contributed by atoms with Crippen molar-refractivity contribution >= 4 is 11.7 Å². The van der Waals surface area contributed by atoms with Gasteiger partial charge in [0.2, 0.25) is 0 Å². The van der Waals surface area contributed by atoms with Gasteiger partial charge in [-0.15, -0.1) is 0 Å². The molecule has 2 rings (SSSR count). The van der Waals surface area contributed by atoms with E-state index in [0.29, 0.717) is 5.92 Å². The molecule has 0 spiro atoms. The Hall–Kier alpha value is -1.58. The SMILES string of the molecule is Cc1ccc(NC(=O)NC(C)(C)C2CCC2)c(C)n1. The molecular weight excluding hydrogens is 238 g/mol. The molecule has 0 saturated heterocycles. The zero-order chi connectivity index (χ0) is 14.0. The highest BCUT2D eigenvalue weighted by Crippen LogP contribution is 2.35. The highest BCUT2D eigenvalue weighted by atomic mass is 16.2. The smallest absolute Gasteiger partial charge is 0.319 e. The van der Waals surface area contributed by atoms with Crippen LogP contribution in [-0.4, -0.2) is 16.6 Å². The van der Waals surface area contributed by atoms with E-state index in [0.717, 1.165) is 17.1 Å². The fourth-order valence-corrected chi connectivity index (χ4v) is 2.50. The maximum Gasteiger partial charge on any atom is 0.319 e. The fraction of sp³-hybridized carbons (Fsp3) is 0.600. The number of carbonyl (C=O) groups excluding carboxylic acids is 1. The summed E-state index contributed by atoms with van der Waals surface area (Å²) >= 11 is 0. The van der Waals surface area contributed by atoms with Crippen molar-refractivity contribution in [1.82, 2.24) is 10.3 Å². The van der Waals surface area contributed by atoms with E-state index in [1.54, 1.807) is 0 Å². The Kier molecular flexibility index (Phi) is 3.78. The number of nitrogens with one attached hydrogen (secondary N) is 2. The number of hydrogen-bond acceptors (Lipinski definition) is 2. The van der Waals surface area contributed by atoms with Crippen LogP contribution in [0, 0.1) is 19.8 Å². The first kappa shape index (κ1) is 13.8. The second kappa shape index (κ2) is 5.19. The van der Waals surface area contributed by atoms with E-state index in [-0.39, 0.29) is 11.6 Å². The summed E-state index contributed by atoms with van der Waals surface area (Å²) in [6.07, 6.45) is 3.69. The Morgan fingerprint density at radius 3 is 2.53 bits per heavy atom. The molecule has 0 bridgehead atoms. The van der Waals surface area contributed by atoms with Gasteiger partial charge in [-0.05, 0) is 58.6 Å². The van der Waals surface area contributed by atoms with Gasteiger partial charge in [0.1, 0.15) is 0 Å². The van der Waals surface area contributed by atoms with E-state index < -0.39 is 0 Å². The third kappa shape index (κ3) is 3.25. The molecule has 1 aromatic heterocycles. The Morgan fingerprint density at radius 1 is 1.32 bits per heavy atom. The second-order valence-electron chi connectivity index (χ2n) is 6.01. The Labute approximate surface area is 115 Å². The lowest BCUT2D eigenvalue weighted by molar-refractivity contribution is 0.163. The molecule has 1 aliphatic rings. The quantitative estimate of drug-likeness (QED) is 0.876. The van der Waals surface area contributed by atoms with Crippen molar-refractivity contribution in [2.45, 2.75) is 52.5 Å². The number of carbonyl (C=O) groups is 1. The molecule has 0 radical (unpaired) electrons. The highest BCUT2D eigenvalue weighted by molar-refractivity contribution is 5.90. The third-order valence-corrected chi connectivity index (χ3v) is 4.03. The van der Waals surface area contributed by atoms with E-state index >= 15 is 0 Å². The van der Waals surface area contributed by atoms with Gasteiger partial charge in [0, 0.05) is 11.2 Å². The molecular formula is C15H23N3O. The van der Waals surface area contributed by atoms with Gasteiger partial charge in [0.15, 0.2) is 0 Å². The van der Waals surface area contributed by atoms with E-state index in [4.69, 9.17) is 0 Å². The summed E-state index contributed by atoms with van der Waals surface area (Å²) in [5.41, 5.74) is 2.43. The molecule has 1 aromatic rings. The summed E-state index contributed by atoms with van der Waals surface area (Å²) in [7, 11) is 0. The first-order chi connectivity index (χ1) is 8.88. The van der Waals surface area contributed by atoms with Crippen LogP contribution in [0.4, 0.5) is 10.5 Å². The number of aromatic nitrogens is 1. The van der Waals surface area contributed by atoms with Crippen LogP contribution in [0.2, 0.25) is 0 Å². The average molecular weight is 261 g/mol. The van der Waals surface area contributed by atoms with Crippen LogP contribution in [-0.2, 0) is 0 Å². The van der Waals surface area contributed by atoms with Crippen molar-refractivity contribution < 1.29 is 4.79 Å². The van der Waals surface area contributed by atoms with Crippen molar-refractivity contribution in [3.05, 3.63) is 23.5 Å². The lowest BCUT2D eigenvalue weighted by atomic mass is 9.73. The van der Waals surface area contributed by atoms with Gasteiger partial charge in [0.05, 0.1) is 11.4 Å². The van der Waals surface area contributed by atoms with Crippen LogP contribution in [0.3, 0.4) is 0 Å². The van der Waals surface area contributed by atoms with E-state index in [9.17, 15) is 4.79 Å². The minimum atomic E-state index is -0.148. The van der Waals surface area contributed by atoms with Gasteiger partial charge in [0.25, 0.3) is 0 Å². The molecule has 4 heteroatoms. The number of anilines is 1. The van der Waals surface area contributed by atoms with Crippen molar-refractivity contribution in [1.29, 1.82) is 0 Å². The summed E-state index contributed by atoms with van der Waals surface area (Å²) in [6.45, 7) is 8.03. The van der Waals surface area contributed by atoms with Crippen LogP contribution in [0.5, 0.6) is 0 Å². The molecule has 0 atom stereocenters. The molecule has 4 nitrogen and oxygen atoms in total. The number of pyridine rings is 1. The summed E-state index contributed by atoms with van der Waals surface area (Å²) in [5.74, 6) is 0.593. The maximum atomic E-state index is 12.1. The van der Waals surface area contributed by atoms with Gasteiger partial charge in [-0.3, -0.25) is 4.98 Å². The Balaban J connectivity index is 1.97. The fourth-order valence-electron chi connectivity index (χ4n) is 2.50. The molecule has 1 fully saturated rings. The molecule has 2 N–H and O–H groups in total. The summed E-state index contributed by atoms with van der Waals surface area (Å²) in [5, 5.41) is 5.95. The van der Waals surface area contributed by atoms with Crippen molar-refractivity contribution in [3.63, 3.8) is 0 Å². The van der Waals surface area contributed by atoms with Crippen LogP contribution in [0.25, 0.3) is 0 Å². The number of urea groups is 1. The molecule has 2 amide bonds. The standard InChI is InChI=1S/C15H23N3O/c1-10-8-9-13(11(2)16-10)17-14(19)18-15(3,4)12-6-5-7-12/h8-9,12H,5-7H2,1-4H3,(H2,17,18,19). The lowest BCUT2D eigenvalue weighted by Gasteiger charge is -2.40. The predicted octanol–water partition coefficient (Wildman–Crippen LogP) is 3.40. The van der Waals surface area contributed by atoms with E-state index in [1.807, 2.05) is 26.0 Å². The van der Waals surface area contributed by atoms with Gasteiger partial charge < -0.3 is 10.6 Å². The summed E-state index contributed by atoms with van der Waals surface area (Å²) in [6, 6.07) is 3.65. The van der Waals surface area contributed by atoms with Gasteiger partial charge >= 0.3 is 6.03 Å². The first-order valence-electron chi connectivity index (χ1n) is 6.92. The topological polar surface area (TPSA) is 54.0 Å². The minimum absolute atomic E-state index is 0.144. The average Bonchev–Trinajstić information content (AvgIpc) is 2.17. The monoisotopic (exact) mass is 261 g/mol. The Bertz CT molecular complexity index is 478. The highest BCUT2D eigenvalue weighted by Gasteiger charge is 2.35. The molecule has 1 saturated carbocycles. The molecule has 1 aliphatic carbocycles. The van der Waals surface area contributed by atoms with Gasteiger partial charge in [-0.2, -0.15) is 0 Å². The van der Waals surface area contributed by atoms with Gasteiger partial charge in [-0.1, -0.05) is 6.42 Å². The van der Waals surface area contributed by atoms with Crippen LogP contribution >= 0.6 is 0 Å². The third-order valence-electron chi connectivity index (χ3n) is 4.03. The summed E-state index contributed by atoms with van der Waals surface area (Å²) < 4.78 is 0. The zero-order valence-electron chi connectivity index (χ0n) is 12.2. The van der Waals surface area contributed by atoms with Crippen LogP contribution in [0.1, 0.15) is 44.5 Å². The van der Waals surface area contributed by atoms with Gasteiger partial charge in [-0.25, -0.2) is 4.79 Å². The number of rotatable bonds is 3. The normalized spacial score (nSPS) is 15.8. The number of aryl methyl sites for hydroxylation is 2. The molecule has 104 valence electrons. The minimum Gasteiger partial charge on any atom is -0.333 e. The lowest BCUT2D eigenvalue weighted by Crippen LogP contribution is -2.52. The van der Waals surface area contributed by atoms with Crippen LogP contribution < -0.4 is 10.6 Å². The van der Waals surface area contributed by atoms with Crippen LogP contribution in [0.15, 0.2) is 12.1 Å². The number of amides is 2. The molecule has 0 aliphatic heterocycles. The van der Waals surface area contributed by atoms with Crippen molar-refractivity contribution in [2.24, 2.45) is 5.92 Å².